The molecule has 0 saturated carbocycles. The van der Waals surface area contributed by atoms with E-state index >= 15 is 0 Å². The fourth-order valence-electron chi connectivity index (χ4n) is 2.60. The van der Waals surface area contributed by atoms with Crippen LogP contribution >= 0.6 is 0 Å². The summed E-state index contributed by atoms with van der Waals surface area (Å²) in [6, 6.07) is 3.21. The van der Waals surface area contributed by atoms with Crippen molar-refractivity contribution in [3.05, 3.63) is 29.8 Å². The van der Waals surface area contributed by atoms with Gasteiger partial charge in [-0.25, -0.2) is 9.18 Å². The van der Waals surface area contributed by atoms with Crippen molar-refractivity contribution in [3.8, 4) is 0 Å². The molecule has 1 atom stereocenters. The average molecular weight is 282 g/mol. The van der Waals surface area contributed by atoms with Crippen LogP contribution in [0.15, 0.2) is 18.3 Å². The highest BCUT2D eigenvalue weighted by atomic mass is 19.1. The number of aliphatic carboxylic acids is 1. The Hall–Kier alpha value is -1.53. The van der Waals surface area contributed by atoms with Crippen molar-refractivity contribution in [1.82, 2.24) is 9.88 Å². The molecular weight excluding hydrogens is 263 g/mol. The molecule has 1 N–H and O–H groups in total. The highest BCUT2D eigenvalue weighted by molar-refractivity contribution is 5.68. The van der Waals surface area contributed by atoms with Gasteiger partial charge in [0.15, 0.2) is 0 Å². The van der Waals surface area contributed by atoms with E-state index in [1.54, 1.807) is 6.07 Å². The summed E-state index contributed by atoms with van der Waals surface area (Å²) < 4.78 is 18.3. The zero-order valence-electron chi connectivity index (χ0n) is 11.7. The van der Waals surface area contributed by atoms with Crippen LogP contribution in [0.4, 0.5) is 4.39 Å². The van der Waals surface area contributed by atoms with Crippen molar-refractivity contribution in [1.29, 1.82) is 0 Å². The molecule has 1 aliphatic heterocycles. The van der Waals surface area contributed by atoms with E-state index in [1.807, 2.05) is 13.8 Å². The topological polar surface area (TPSA) is 62.7 Å². The van der Waals surface area contributed by atoms with Gasteiger partial charge in [0.25, 0.3) is 0 Å². The average Bonchev–Trinajstić information content (AvgIpc) is 2.37. The fraction of sp³-hybridized carbons (Fsp3) is 0.571. The van der Waals surface area contributed by atoms with Crippen LogP contribution in [0.3, 0.4) is 0 Å². The second-order valence-corrected chi connectivity index (χ2v) is 5.36. The summed E-state index contributed by atoms with van der Waals surface area (Å²) in [6.45, 7) is 4.96. The van der Waals surface area contributed by atoms with E-state index < -0.39 is 11.6 Å². The summed E-state index contributed by atoms with van der Waals surface area (Å²) in [5.41, 5.74) is 0.403. The van der Waals surface area contributed by atoms with Crippen molar-refractivity contribution in [3.63, 3.8) is 0 Å². The van der Waals surface area contributed by atoms with E-state index in [9.17, 15) is 9.18 Å². The zero-order chi connectivity index (χ0) is 14.8. The monoisotopic (exact) mass is 282 g/mol. The molecule has 110 valence electrons. The van der Waals surface area contributed by atoms with E-state index in [0.717, 1.165) is 12.1 Å². The first-order valence-corrected chi connectivity index (χ1v) is 6.65. The number of hydrogen-bond acceptors (Lipinski definition) is 4. The number of nitrogens with zero attached hydrogens (tertiary/aromatic N) is 2. The van der Waals surface area contributed by atoms with Crippen molar-refractivity contribution >= 4 is 5.97 Å². The molecule has 1 saturated heterocycles. The first-order chi connectivity index (χ1) is 9.43. The van der Waals surface area contributed by atoms with Gasteiger partial charge in [0, 0.05) is 13.1 Å². The summed E-state index contributed by atoms with van der Waals surface area (Å²) in [7, 11) is 0. The number of halogens is 1. The standard InChI is InChI=1S/C14H19FN2O3/c1-3-12(11-5-4-10(15)6-16-11)17-8-14(2,9-17)20-7-13(18)19/h4-6,12H,3,7-9H2,1-2H3,(H,18,19). The van der Waals surface area contributed by atoms with Gasteiger partial charge in [-0.1, -0.05) is 6.92 Å². The van der Waals surface area contributed by atoms with Crippen LogP contribution in [0.2, 0.25) is 0 Å². The Morgan fingerprint density at radius 2 is 2.30 bits per heavy atom. The van der Waals surface area contributed by atoms with E-state index in [0.29, 0.717) is 13.1 Å². The largest absolute Gasteiger partial charge is 0.480 e. The Bertz CT molecular complexity index is 472. The van der Waals surface area contributed by atoms with Gasteiger partial charge in [-0.3, -0.25) is 9.88 Å². The lowest BCUT2D eigenvalue weighted by Gasteiger charge is -2.50. The van der Waals surface area contributed by atoms with Gasteiger partial charge in [-0.05, 0) is 25.5 Å². The number of carboxylic acids is 1. The van der Waals surface area contributed by atoms with Gasteiger partial charge in [-0.2, -0.15) is 0 Å². The summed E-state index contributed by atoms with van der Waals surface area (Å²) in [5.74, 6) is -1.31. The molecule has 1 aliphatic rings. The lowest BCUT2D eigenvalue weighted by Crippen LogP contribution is -2.62. The summed E-state index contributed by atoms with van der Waals surface area (Å²) >= 11 is 0. The molecule has 0 spiro atoms. The van der Waals surface area contributed by atoms with Gasteiger partial charge in [0.2, 0.25) is 0 Å². The quantitative estimate of drug-likeness (QED) is 0.862. The first-order valence-electron chi connectivity index (χ1n) is 6.65. The third-order valence-electron chi connectivity index (χ3n) is 3.54. The Balaban J connectivity index is 1.95. The minimum Gasteiger partial charge on any atom is -0.480 e. The van der Waals surface area contributed by atoms with E-state index in [1.165, 1.54) is 12.3 Å². The van der Waals surface area contributed by atoms with Crippen molar-refractivity contribution < 1.29 is 19.0 Å². The summed E-state index contributed by atoms with van der Waals surface area (Å²) in [5, 5.41) is 8.64. The lowest BCUT2D eigenvalue weighted by molar-refractivity contribution is -0.170. The van der Waals surface area contributed by atoms with Crippen LogP contribution in [-0.4, -0.2) is 46.3 Å². The molecular formula is C14H19FN2O3. The molecule has 5 nitrogen and oxygen atoms in total. The molecule has 1 unspecified atom stereocenters. The van der Waals surface area contributed by atoms with Gasteiger partial charge in [-0.15, -0.1) is 0 Å². The Labute approximate surface area is 117 Å². The predicted molar refractivity (Wildman–Crippen MR) is 70.8 cm³/mol. The Morgan fingerprint density at radius 3 is 2.80 bits per heavy atom. The molecule has 2 rings (SSSR count). The third kappa shape index (κ3) is 3.32. The Morgan fingerprint density at radius 1 is 1.60 bits per heavy atom. The smallest absolute Gasteiger partial charge is 0.329 e. The maximum atomic E-state index is 12.9. The molecule has 2 heterocycles. The highest BCUT2D eigenvalue weighted by Crippen LogP contribution is 2.34. The molecule has 0 aliphatic carbocycles. The first kappa shape index (κ1) is 14.9. The predicted octanol–water partition coefficient (Wildman–Crippen LogP) is 1.85. The Kier molecular flexibility index (Phi) is 4.35. The summed E-state index contributed by atoms with van der Waals surface area (Å²) in [4.78, 5) is 16.8. The van der Waals surface area contributed by atoms with Crippen LogP contribution in [0.1, 0.15) is 32.0 Å². The highest BCUT2D eigenvalue weighted by Gasteiger charge is 2.43. The molecule has 0 aromatic carbocycles. The molecule has 1 fully saturated rings. The summed E-state index contributed by atoms with van der Waals surface area (Å²) in [6.07, 6.45) is 2.07. The van der Waals surface area contributed by atoms with Crippen molar-refractivity contribution in [2.45, 2.75) is 31.9 Å². The van der Waals surface area contributed by atoms with Gasteiger partial charge in [0.1, 0.15) is 12.4 Å². The van der Waals surface area contributed by atoms with Gasteiger partial charge >= 0.3 is 5.97 Å². The van der Waals surface area contributed by atoms with E-state index in [2.05, 4.69) is 9.88 Å². The van der Waals surface area contributed by atoms with Crippen LogP contribution in [0, 0.1) is 5.82 Å². The van der Waals surface area contributed by atoms with Crippen LogP contribution in [-0.2, 0) is 9.53 Å². The second kappa shape index (κ2) is 5.85. The van der Waals surface area contributed by atoms with Crippen LogP contribution in [0.25, 0.3) is 0 Å². The van der Waals surface area contributed by atoms with Crippen LogP contribution in [0.5, 0.6) is 0 Å². The molecule has 20 heavy (non-hydrogen) atoms. The number of likely N-dealkylation sites (tertiary alicyclic amines) is 1. The number of carboxylic acid groups (broad SMARTS) is 1. The third-order valence-corrected chi connectivity index (χ3v) is 3.54. The number of carbonyl (C=O) groups is 1. The molecule has 6 heteroatoms. The minimum atomic E-state index is -0.961. The number of hydrogen-bond donors (Lipinski definition) is 1. The normalized spacial score (nSPS) is 19.4. The van der Waals surface area contributed by atoms with Gasteiger partial charge in [0.05, 0.1) is 23.5 Å². The van der Waals surface area contributed by atoms with Crippen LogP contribution < -0.4 is 0 Å². The molecule has 0 bridgehead atoms. The van der Waals surface area contributed by atoms with Gasteiger partial charge < -0.3 is 9.84 Å². The van der Waals surface area contributed by atoms with Crippen molar-refractivity contribution in [2.24, 2.45) is 0 Å². The zero-order valence-corrected chi connectivity index (χ0v) is 11.7. The fourth-order valence-corrected chi connectivity index (χ4v) is 2.60. The molecule has 1 aromatic rings. The van der Waals surface area contributed by atoms with Crippen molar-refractivity contribution in [2.75, 3.05) is 19.7 Å². The SMILES string of the molecule is CCC(c1ccc(F)cn1)N1CC(C)(OCC(=O)O)C1. The molecule has 0 amide bonds. The molecule has 0 radical (unpaired) electrons. The van der Waals surface area contributed by atoms with E-state index in [-0.39, 0.29) is 18.5 Å². The van der Waals surface area contributed by atoms with E-state index in [4.69, 9.17) is 9.84 Å². The number of rotatable bonds is 6. The second-order valence-electron chi connectivity index (χ2n) is 5.36. The molecule has 1 aromatic heterocycles. The lowest BCUT2D eigenvalue weighted by atomic mass is 9.92. The number of ether oxygens (including phenoxy) is 1. The maximum absolute atomic E-state index is 12.9. The minimum absolute atomic E-state index is 0.108. The number of aromatic nitrogens is 1. The number of pyridine rings is 1. The maximum Gasteiger partial charge on any atom is 0.329 e.